The van der Waals surface area contributed by atoms with Gasteiger partial charge in [0.05, 0.1) is 11.6 Å². The van der Waals surface area contributed by atoms with Crippen molar-refractivity contribution in [1.82, 2.24) is 0 Å². The molecule has 0 saturated carbocycles. The zero-order valence-electron chi connectivity index (χ0n) is 9.56. The summed E-state index contributed by atoms with van der Waals surface area (Å²) in [5, 5.41) is 9.36. The lowest BCUT2D eigenvalue weighted by Crippen LogP contribution is -1.97. The third kappa shape index (κ3) is 2.93. The molecular weight excluding hydrogens is 248 g/mol. The van der Waals surface area contributed by atoms with Crippen molar-refractivity contribution >= 4 is 17.3 Å². The fourth-order valence-corrected chi connectivity index (χ4v) is 1.74. The van der Waals surface area contributed by atoms with E-state index < -0.39 is 0 Å². The van der Waals surface area contributed by atoms with E-state index in [0.717, 1.165) is 5.56 Å². The first-order chi connectivity index (χ1) is 8.69. The zero-order valence-corrected chi connectivity index (χ0v) is 10.3. The summed E-state index contributed by atoms with van der Waals surface area (Å²) in [4.78, 5) is 0. The first-order valence-electron chi connectivity index (χ1n) is 5.36. The van der Waals surface area contributed by atoms with E-state index in [1.807, 2.05) is 6.07 Å². The Balaban J connectivity index is 2.09. The summed E-state index contributed by atoms with van der Waals surface area (Å²) in [6, 6.07) is 14.3. The number of ether oxygens (including phenoxy) is 1. The molecule has 18 heavy (non-hydrogen) atoms. The van der Waals surface area contributed by atoms with Crippen LogP contribution >= 0.6 is 11.6 Å². The van der Waals surface area contributed by atoms with Crippen LogP contribution in [0.2, 0.25) is 5.02 Å². The van der Waals surface area contributed by atoms with Crippen molar-refractivity contribution < 1.29 is 4.74 Å². The molecule has 0 aliphatic carbocycles. The second-order valence-corrected chi connectivity index (χ2v) is 4.19. The number of nitriles is 1. The van der Waals surface area contributed by atoms with Crippen molar-refractivity contribution in [3.05, 3.63) is 58.6 Å². The van der Waals surface area contributed by atoms with Crippen molar-refractivity contribution in [3.8, 4) is 11.8 Å². The Kier molecular flexibility index (Phi) is 3.71. The number of nitrogen functional groups attached to an aromatic ring is 1. The number of halogens is 1. The lowest BCUT2D eigenvalue weighted by atomic mass is 10.2. The first-order valence-corrected chi connectivity index (χ1v) is 5.73. The molecule has 4 heteroatoms. The number of benzene rings is 2. The Morgan fingerprint density at radius 1 is 1.22 bits per heavy atom. The van der Waals surface area contributed by atoms with E-state index in [0.29, 0.717) is 28.6 Å². The molecular formula is C14H11ClN2O. The second-order valence-electron chi connectivity index (χ2n) is 3.78. The van der Waals surface area contributed by atoms with Gasteiger partial charge in [-0.15, -0.1) is 0 Å². The van der Waals surface area contributed by atoms with Crippen LogP contribution in [0, 0.1) is 11.3 Å². The summed E-state index contributed by atoms with van der Waals surface area (Å²) in [6.45, 7) is 0.341. The molecule has 0 fully saturated rings. The van der Waals surface area contributed by atoms with E-state index in [1.54, 1.807) is 36.4 Å². The highest BCUT2D eigenvalue weighted by Crippen LogP contribution is 2.21. The normalized spacial score (nSPS) is 9.78. The predicted molar refractivity (Wildman–Crippen MR) is 71.4 cm³/mol. The van der Waals surface area contributed by atoms with Crippen LogP contribution < -0.4 is 10.5 Å². The summed E-state index contributed by atoms with van der Waals surface area (Å²) in [5.74, 6) is 0.641. The van der Waals surface area contributed by atoms with Gasteiger partial charge in [0.25, 0.3) is 0 Å². The van der Waals surface area contributed by atoms with Gasteiger partial charge in [-0.1, -0.05) is 23.7 Å². The highest BCUT2D eigenvalue weighted by atomic mass is 35.5. The summed E-state index contributed by atoms with van der Waals surface area (Å²) in [6.07, 6.45) is 0. The molecule has 2 aromatic rings. The Labute approximate surface area is 110 Å². The maximum atomic E-state index is 8.78. The minimum atomic E-state index is 0.341. The maximum Gasteiger partial charge on any atom is 0.121 e. The Morgan fingerprint density at radius 2 is 2.06 bits per heavy atom. The van der Waals surface area contributed by atoms with Gasteiger partial charge in [-0.3, -0.25) is 0 Å². The molecule has 0 aromatic heterocycles. The van der Waals surface area contributed by atoms with Gasteiger partial charge in [0.1, 0.15) is 12.4 Å². The molecule has 0 radical (unpaired) electrons. The van der Waals surface area contributed by atoms with Gasteiger partial charge in [-0.25, -0.2) is 0 Å². The van der Waals surface area contributed by atoms with Crippen LogP contribution in [-0.4, -0.2) is 0 Å². The maximum absolute atomic E-state index is 8.78. The average molecular weight is 259 g/mol. The quantitative estimate of drug-likeness (QED) is 0.859. The van der Waals surface area contributed by atoms with Crippen LogP contribution in [0.5, 0.6) is 5.75 Å². The Hall–Kier alpha value is -2.18. The van der Waals surface area contributed by atoms with Gasteiger partial charge in [0.2, 0.25) is 0 Å². The number of rotatable bonds is 3. The van der Waals surface area contributed by atoms with Crippen LogP contribution in [-0.2, 0) is 6.61 Å². The molecule has 0 bridgehead atoms. The molecule has 0 unspecified atom stereocenters. The number of nitrogens with zero attached hydrogens (tertiary/aromatic N) is 1. The molecule has 0 spiro atoms. The van der Waals surface area contributed by atoms with E-state index in [-0.39, 0.29) is 0 Å². The van der Waals surface area contributed by atoms with Crippen LogP contribution in [0.25, 0.3) is 0 Å². The molecule has 0 aliphatic heterocycles. The Morgan fingerprint density at radius 3 is 2.78 bits per heavy atom. The van der Waals surface area contributed by atoms with Crippen LogP contribution in [0.1, 0.15) is 11.1 Å². The van der Waals surface area contributed by atoms with E-state index in [9.17, 15) is 0 Å². The third-order valence-electron chi connectivity index (χ3n) is 2.43. The fraction of sp³-hybridized carbons (Fsp3) is 0.0714. The molecule has 0 aliphatic rings. The van der Waals surface area contributed by atoms with E-state index in [2.05, 4.69) is 6.07 Å². The fourth-order valence-electron chi connectivity index (χ4n) is 1.50. The molecule has 2 aromatic carbocycles. The molecule has 0 amide bonds. The van der Waals surface area contributed by atoms with Crippen molar-refractivity contribution in [1.29, 1.82) is 5.26 Å². The summed E-state index contributed by atoms with van der Waals surface area (Å²) in [5.41, 5.74) is 7.65. The van der Waals surface area contributed by atoms with Crippen LogP contribution in [0.4, 0.5) is 5.69 Å². The van der Waals surface area contributed by atoms with Gasteiger partial charge in [0, 0.05) is 16.3 Å². The number of nitrogens with two attached hydrogens (primary N) is 1. The molecule has 0 heterocycles. The van der Waals surface area contributed by atoms with Crippen molar-refractivity contribution in [2.24, 2.45) is 0 Å². The van der Waals surface area contributed by atoms with Crippen LogP contribution in [0.3, 0.4) is 0 Å². The first kappa shape index (κ1) is 12.3. The van der Waals surface area contributed by atoms with E-state index in [4.69, 9.17) is 27.3 Å². The second kappa shape index (κ2) is 5.44. The average Bonchev–Trinajstić information content (AvgIpc) is 2.38. The number of anilines is 1. The SMILES string of the molecule is N#Cc1cccc(OCc2ccc(N)cc2Cl)c1. The third-order valence-corrected chi connectivity index (χ3v) is 2.79. The van der Waals surface area contributed by atoms with Crippen molar-refractivity contribution in [2.45, 2.75) is 6.61 Å². The van der Waals surface area contributed by atoms with Crippen LogP contribution in [0.15, 0.2) is 42.5 Å². The standard InChI is InChI=1S/C14H11ClN2O/c15-14-7-12(17)5-4-11(14)9-18-13-3-1-2-10(6-13)8-16/h1-7H,9,17H2. The van der Waals surface area contributed by atoms with Gasteiger partial charge in [-0.05, 0) is 30.3 Å². The highest BCUT2D eigenvalue weighted by Gasteiger charge is 2.02. The molecule has 2 rings (SSSR count). The van der Waals surface area contributed by atoms with E-state index in [1.165, 1.54) is 0 Å². The molecule has 2 N–H and O–H groups in total. The molecule has 0 saturated heterocycles. The lowest BCUT2D eigenvalue weighted by Gasteiger charge is -2.08. The minimum absolute atomic E-state index is 0.341. The summed E-state index contributed by atoms with van der Waals surface area (Å²) in [7, 11) is 0. The highest BCUT2D eigenvalue weighted by molar-refractivity contribution is 6.31. The van der Waals surface area contributed by atoms with Gasteiger partial charge in [-0.2, -0.15) is 5.26 Å². The Bertz CT molecular complexity index is 605. The van der Waals surface area contributed by atoms with Crippen molar-refractivity contribution in [3.63, 3.8) is 0 Å². The van der Waals surface area contributed by atoms with E-state index >= 15 is 0 Å². The largest absolute Gasteiger partial charge is 0.489 e. The number of hydrogen-bond acceptors (Lipinski definition) is 3. The topological polar surface area (TPSA) is 59.0 Å². The predicted octanol–water partition coefficient (Wildman–Crippen LogP) is 3.37. The van der Waals surface area contributed by atoms with Gasteiger partial charge in [0.15, 0.2) is 0 Å². The minimum Gasteiger partial charge on any atom is -0.489 e. The monoisotopic (exact) mass is 258 g/mol. The smallest absolute Gasteiger partial charge is 0.121 e. The van der Waals surface area contributed by atoms with Gasteiger partial charge >= 0.3 is 0 Å². The number of hydrogen-bond donors (Lipinski definition) is 1. The lowest BCUT2D eigenvalue weighted by molar-refractivity contribution is 0.306. The molecule has 0 atom stereocenters. The summed E-state index contributed by atoms with van der Waals surface area (Å²) >= 11 is 6.04. The van der Waals surface area contributed by atoms with Crippen molar-refractivity contribution in [2.75, 3.05) is 5.73 Å². The molecule has 3 nitrogen and oxygen atoms in total. The zero-order chi connectivity index (χ0) is 13.0. The summed E-state index contributed by atoms with van der Waals surface area (Å²) < 4.78 is 5.58. The van der Waals surface area contributed by atoms with Gasteiger partial charge < -0.3 is 10.5 Å². The molecule has 90 valence electrons.